The molecule has 0 saturated carbocycles. The molecular formula is C13H19BrN2O. The summed E-state index contributed by atoms with van der Waals surface area (Å²) in [6.45, 7) is 5.83. The minimum absolute atomic E-state index is 0.0529. The number of hydrogen-bond donors (Lipinski definition) is 2. The molecule has 1 amide bonds. The summed E-state index contributed by atoms with van der Waals surface area (Å²) in [6, 6.07) is 7.33. The Balaban J connectivity index is 2.70. The Bertz CT molecular complexity index is 393. The van der Waals surface area contributed by atoms with E-state index in [1.807, 2.05) is 45.0 Å². The Morgan fingerprint density at radius 2 is 1.88 bits per heavy atom. The lowest BCUT2D eigenvalue weighted by atomic mass is 10.0. The average Bonchev–Trinajstić information content (AvgIpc) is 2.28. The van der Waals surface area contributed by atoms with Crippen molar-refractivity contribution in [2.24, 2.45) is 11.7 Å². The van der Waals surface area contributed by atoms with E-state index in [1.165, 1.54) is 0 Å². The maximum atomic E-state index is 11.8. The molecule has 0 aliphatic rings. The summed E-state index contributed by atoms with van der Waals surface area (Å²) in [6.07, 6.45) is 0. The number of nitrogens with one attached hydrogen (secondary N) is 1. The van der Waals surface area contributed by atoms with Crippen LogP contribution < -0.4 is 11.1 Å². The van der Waals surface area contributed by atoms with E-state index in [1.54, 1.807) is 0 Å². The largest absolute Gasteiger partial charge is 0.348 e. The molecule has 0 heterocycles. The van der Waals surface area contributed by atoms with Crippen molar-refractivity contribution in [1.29, 1.82) is 0 Å². The van der Waals surface area contributed by atoms with Crippen molar-refractivity contribution < 1.29 is 4.79 Å². The third-order valence-electron chi connectivity index (χ3n) is 2.75. The van der Waals surface area contributed by atoms with Crippen LogP contribution in [-0.2, 0) is 4.79 Å². The molecule has 0 saturated heterocycles. The molecule has 17 heavy (non-hydrogen) atoms. The monoisotopic (exact) mass is 298 g/mol. The van der Waals surface area contributed by atoms with Gasteiger partial charge in [-0.2, -0.15) is 0 Å². The molecule has 94 valence electrons. The van der Waals surface area contributed by atoms with E-state index in [9.17, 15) is 4.79 Å². The maximum absolute atomic E-state index is 11.8. The van der Waals surface area contributed by atoms with E-state index in [0.717, 1.165) is 10.0 Å². The van der Waals surface area contributed by atoms with Crippen LogP contribution in [0.15, 0.2) is 28.7 Å². The quantitative estimate of drug-likeness (QED) is 0.898. The van der Waals surface area contributed by atoms with Crippen molar-refractivity contribution in [1.82, 2.24) is 5.32 Å². The van der Waals surface area contributed by atoms with Gasteiger partial charge in [-0.15, -0.1) is 0 Å². The lowest BCUT2D eigenvalue weighted by Gasteiger charge is -2.20. The van der Waals surface area contributed by atoms with E-state index in [0.29, 0.717) is 0 Å². The van der Waals surface area contributed by atoms with Gasteiger partial charge >= 0.3 is 0 Å². The normalized spacial score (nSPS) is 14.5. The predicted molar refractivity (Wildman–Crippen MR) is 73.5 cm³/mol. The molecule has 0 fully saturated rings. The van der Waals surface area contributed by atoms with Gasteiger partial charge in [0, 0.05) is 4.47 Å². The third kappa shape index (κ3) is 3.82. The number of nitrogens with two attached hydrogens (primary N) is 1. The van der Waals surface area contributed by atoms with Crippen molar-refractivity contribution >= 4 is 21.8 Å². The third-order valence-corrected chi connectivity index (χ3v) is 3.47. The van der Waals surface area contributed by atoms with Crippen LogP contribution in [0.4, 0.5) is 0 Å². The fourth-order valence-electron chi connectivity index (χ4n) is 1.52. The molecule has 0 aliphatic heterocycles. The Morgan fingerprint density at radius 3 is 2.41 bits per heavy atom. The van der Waals surface area contributed by atoms with Crippen LogP contribution in [-0.4, -0.2) is 11.9 Å². The van der Waals surface area contributed by atoms with Crippen LogP contribution in [0.1, 0.15) is 32.4 Å². The second-order valence-electron chi connectivity index (χ2n) is 4.52. The number of amides is 1. The van der Waals surface area contributed by atoms with Gasteiger partial charge in [0.05, 0.1) is 12.1 Å². The maximum Gasteiger partial charge on any atom is 0.237 e. The van der Waals surface area contributed by atoms with Gasteiger partial charge in [0.15, 0.2) is 0 Å². The molecule has 2 atom stereocenters. The highest BCUT2D eigenvalue weighted by molar-refractivity contribution is 9.10. The molecule has 1 aromatic rings. The van der Waals surface area contributed by atoms with E-state index in [-0.39, 0.29) is 17.9 Å². The summed E-state index contributed by atoms with van der Waals surface area (Å²) >= 11 is 3.47. The highest BCUT2D eigenvalue weighted by Gasteiger charge is 2.20. The van der Waals surface area contributed by atoms with Crippen molar-refractivity contribution in [3.8, 4) is 0 Å². The van der Waals surface area contributed by atoms with Gasteiger partial charge in [-0.3, -0.25) is 4.79 Å². The highest BCUT2D eigenvalue weighted by Crippen LogP contribution is 2.22. The van der Waals surface area contributed by atoms with Crippen LogP contribution >= 0.6 is 15.9 Å². The smallest absolute Gasteiger partial charge is 0.237 e. The number of benzene rings is 1. The van der Waals surface area contributed by atoms with E-state index < -0.39 is 6.04 Å². The number of hydrogen-bond acceptors (Lipinski definition) is 2. The molecule has 3 nitrogen and oxygen atoms in total. The first kappa shape index (κ1) is 14.2. The van der Waals surface area contributed by atoms with E-state index >= 15 is 0 Å². The Kier molecular flexibility index (Phi) is 5.15. The summed E-state index contributed by atoms with van der Waals surface area (Å²) in [4.78, 5) is 11.8. The molecule has 0 radical (unpaired) electrons. The van der Waals surface area contributed by atoms with Crippen molar-refractivity contribution in [3.63, 3.8) is 0 Å². The van der Waals surface area contributed by atoms with E-state index in [2.05, 4.69) is 21.2 Å². The van der Waals surface area contributed by atoms with Crippen LogP contribution in [0.25, 0.3) is 0 Å². The van der Waals surface area contributed by atoms with Crippen molar-refractivity contribution in [2.75, 3.05) is 0 Å². The van der Waals surface area contributed by atoms with Crippen LogP contribution in [0.3, 0.4) is 0 Å². The summed E-state index contributed by atoms with van der Waals surface area (Å²) in [7, 11) is 0. The van der Waals surface area contributed by atoms with Crippen LogP contribution in [0, 0.1) is 5.92 Å². The Morgan fingerprint density at radius 1 is 1.29 bits per heavy atom. The minimum Gasteiger partial charge on any atom is -0.348 e. The number of rotatable bonds is 4. The number of carbonyl (C=O) groups excluding carboxylic acids is 1. The zero-order chi connectivity index (χ0) is 13.0. The fourth-order valence-corrected chi connectivity index (χ4v) is 2.14. The van der Waals surface area contributed by atoms with Crippen molar-refractivity contribution in [3.05, 3.63) is 34.3 Å². The number of halogens is 1. The minimum atomic E-state index is -0.458. The zero-order valence-electron chi connectivity index (χ0n) is 10.4. The molecule has 0 unspecified atom stereocenters. The zero-order valence-corrected chi connectivity index (χ0v) is 12.0. The summed E-state index contributed by atoms with van der Waals surface area (Å²) in [5, 5.41) is 2.92. The Hall–Kier alpha value is -0.870. The molecule has 0 aromatic heterocycles. The second kappa shape index (κ2) is 6.17. The van der Waals surface area contributed by atoms with Crippen LogP contribution in [0.5, 0.6) is 0 Å². The lowest BCUT2D eigenvalue weighted by molar-refractivity contribution is -0.123. The molecule has 0 bridgehead atoms. The summed E-state index contributed by atoms with van der Waals surface area (Å²) in [5.41, 5.74) is 6.85. The SMILES string of the molecule is CC(C)[C@@H](N)C(=O)N[C@@H](C)c1ccccc1Br. The van der Waals surface area contributed by atoms with Gasteiger partial charge in [0.2, 0.25) is 5.91 Å². The van der Waals surface area contributed by atoms with Gasteiger partial charge in [-0.1, -0.05) is 48.0 Å². The Labute approximate surface area is 111 Å². The van der Waals surface area contributed by atoms with Gasteiger partial charge in [0.25, 0.3) is 0 Å². The van der Waals surface area contributed by atoms with E-state index in [4.69, 9.17) is 5.73 Å². The first-order valence-electron chi connectivity index (χ1n) is 5.74. The summed E-state index contributed by atoms with van der Waals surface area (Å²) < 4.78 is 0.992. The lowest BCUT2D eigenvalue weighted by Crippen LogP contribution is -2.44. The van der Waals surface area contributed by atoms with Crippen LogP contribution in [0.2, 0.25) is 0 Å². The standard InChI is InChI=1S/C13H19BrN2O/c1-8(2)12(15)13(17)16-9(3)10-6-4-5-7-11(10)14/h4-9,12H,15H2,1-3H3,(H,16,17)/t9-,12+/m0/s1. The predicted octanol–water partition coefficient (Wildman–Crippen LogP) is 2.61. The molecule has 1 rings (SSSR count). The molecule has 1 aromatic carbocycles. The molecule has 0 aliphatic carbocycles. The van der Waals surface area contributed by atoms with Crippen molar-refractivity contribution in [2.45, 2.75) is 32.9 Å². The van der Waals surface area contributed by atoms with Gasteiger partial charge in [-0.05, 0) is 24.5 Å². The van der Waals surface area contributed by atoms with Gasteiger partial charge < -0.3 is 11.1 Å². The average molecular weight is 299 g/mol. The summed E-state index contributed by atoms with van der Waals surface area (Å²) in [5.74, 6) is 0.0321. The molecular weight excluding hydrogens is 280 g/mol. The molecule has 0 spiro atoms. The fraction of sp³-hybridized carbons (Fsp3) is 0.462. The second-order valence-corrected chi connectivity index (χ2v) is 5.38. The highest BCUT2D eigenvalue weighted by atomic mass is 79.9. The first-order valence-corrected chi connectivity index (χ1v) is 6.53. The first-order chi connectivity index (χ1) is 7.93. The number of carbonyl (C=O) groups is 1. The molecule has 4 heteroatoms. The molecule has 3 N–H and O–H groups in total. The van der Waals surface area contributed by atoms with Gasteiger partial charge in [0.1, 0.15) is 0 Å². The van der Waals surface area contributed by atoms with Gasteiger partial charge in [-0.25, -0.2) is 0 Å². The topological polar surface area (TPSA) is 55.1 Å².